The van der Waals surface area contributed by atoms with Crippen LogP contribution in [-0.2, 0) is 6.42 Å². The Kier molecular flexibility index (Phi) is 2.55. The van der Waals surface area contributed by atoms with Gasteiger partial charge in [0.15, 0.2) is 0 Å². The second-order valence-corrected chi connectivity index (χ2v) is 2.84. The Bertz CT molecular complexity index is 398. The van der Waals surface area contributed by atoms with Gasteiger partial charge in [0.2, 0.25) is 5.89 Å². The zero-order chi connectivity index (χ0) is 9.80. The SMILES string of the molecule is OCCc1cnc(-c2ccncc2)o1. The summed E-state index contributed by atoms with van der Waals surface area (Å²) < 4.78 is 5.41. The molecule has 0 unspecified atom stereocenters. The number of hydrogen-bond acceptors (Lipinski definition) is 4. The van der Waals surface area contributed by atoms with Gasteiger partial charge in [-0.05, 0) is 12.1 Å². The van der Waals surface area contributed by atoms with Crippen LogP contribution in [0, 0.1) is 0 Å². The van der Waals surface area contributed by atoms with Gasteiger partial charge in [-0.15, -0.1) is 0 Å². The molecule has 72 valence electrons. The van der Waals surface area contributed by atoms with E-state index in [2.05, 4.69) is 9.97 Å². The summed E-state index contributed by atoms with van der Waals surface area (Å²) >= 11 is 0. The molecule has 2 rings (SSSR count). The van der Waals surface area contributed by atoms with Crippen LogP contribution in [0.5, 0.6) is 0 Å². The number of aromatic nitrogens is 2. The summed E-state index contributed by atoms with van der Waals surface area (Å²) in [7, 11) is 0. The predicted octanol–water partition coefficient (Wildman–Crippen LogP) is 1.27. The number of aliphatic hydroxyl groups is 1. The van der Waals surface area contributed by atoms with Gasteiger partial charge in [-0.25, -0.2) is 4.98 Å². The Balaban J connectivity index is 2.25. The standard InChI is InChI=1S/C10H10N2O2/c13-6-3-9-7-12-10(14-9)8-1-4-11-5-2-8/h1-2,4-5,7,13H,3,6H2. The van der Waals surface area contributed by atoms with Crippen molar-refractivity contribution in [2.24, 2.45) is 0 Å². The lowest BCUT2D eigenvalue weighted by molar-refractivity contribution is 0.288. The van der Waals surface area contributed by atoms with Gasteiger partial charge >= 0.3 is 0 Å². The van der Waals surface area contributed by atoms with Crippen molar-refractivity contribution < 1.29 is 9.52 Å². The van der Waals surface area contributed by atoms with E-state index in [4.69, 9.17) is 9.52 Å². The van der Waals surface area contributed by atoms with E-state index in [1.807, 2.05) is 12.1 Å². The fraction of sp³-hybridized carbons (Fsp3) is 0.200. The molecule has 0 spiro atoms. The molecule has 4 nitrogen and oxygen atoms in total. The number of pyridine rings is 1. The smallest absolute Gasteiger partial charge is 0.226 e. The zero-order valence-electron chi connectivity index (χ0n) is 7.55. The fourth-order valence-electron chi connectivity index (χ4n) is 1.16. The molecule has 2 aromatic rings. The molecule has 0 aromatic carbocycles. The molecule has 4 heteroatoms. The maximum atomic E-state index is 8.70. The van der Waals surface area contributed by atoms with Crippen LogP contribution >= 0.6 is 0 Å². The van der Waals surface area contributed by atoms with Gasteiger partial charge in [-0.2, -0.15) is 0 Å². The van der Waals surface area contributed by atoms with E-state index in [-0.39, 0.29) is 6.61 Å². The average Bonchev–Trinajstić information content (AvgIpc) is 2.68. The molecule has 0 amide bonds. The van der Waals surface area contributed by atoms with Crippen molar-refractivity contribution in [3.8, 4) is 11.5 Å². The average molecular weight is 190 g/mol. The summed E-state index contributed by atoms with van der Waals surface area (Å²) in [6.07, 6.45) is 5.50. The first kappa shape index (κ1) is 8.90. The van der Waals surface area contributed by atoms with Crippen molar-refractivity contribution in [3.63, 3.8) is 0 Å². The van der Waals surface area contributed by atoms with E-state index in [0.29, 0.717) is 18.1 Å². The number of aliphatic hydroxyl groups excluding tert-OH is 1. The fourth-order valence-corrected chi connectivity index (χ4v) is 1.16. The molecule has 0 aliphatic carbocycles. The highest BCUT2D eigenvalue weighted by Crippen LogP contribution is 2.17. The molecule has 0 atom stereocenters. The number of nitrogens with zero attached hydrogens (tertiary/aromatic N) is 2. The maximum absolute atomic E-state index is 8.70. The Hall–Kier alpha value is -1.68. The van der Waals surface area contributed by atoms with E-state index in [1.165, 1.54) is 0 Å². The summed E-state index contributed by atoms with van der Waals surface area (Å²) in [4.78, 5) is 8.00. The number of rotatable bonds is 3. The highest BCUT2D eigenvalue weighted by atomic mass is 16.4. The third kappa shape index (κ3) is 1.80. The predicted molar refractivity (Wildman–Crippen MR) is 50.5 cm³/mol. The largest absolute Gasteiger partial charge is 0.441 e. The molecule has 0 radical (unpaired) electrons. The molecule has 0 saturated carbocycles. The number of hydrogen-bond donors (Lipinski definition) is 1. The van der Waals surface area contributed by atoms with Gasteiger partial charge in [0.05, 0.1) is 12.8 Å². The van der Waals surface area contributed by atoms with Crippen LogP contribution in [0.25, 0.3) is 11.5 Å². The van der Waals surface area contributed by atoms with Crippen LogP contribution in [0.4, 0.5) is 0 Å². The van der Waals surface area contributed by atoms with E-state index in [9.17, 15) is 0 Å². The second kappa shape index (κ2) is 4.02. The molecular weight excluding hydrogens is 180 g/mol. The van der Waals surface area contributed by atoms with Gasteiger partial charge in [0, 0.05) is 24.4 Å². The molecule has 0 saturated heterocycles. The first-order valence-electron chi connectivity index (χ1n) is 4.36. The summed E-state index contributed by atoms with van der Waals surface area (Å²) in [5, 5.41) is 8.70. The van der Waals surface area contributed by atoms with E-state index in [1.54, 1.807) is 18.6 Å². The van der Waals surface area contributed by atoms with Gasteiger partial charge in [-0.3, -0.25) is 4.98 Å². The van der Waals surface area contributed by atoms with Crippen LogP contribution in [0.1, 0.15) is 5.76 Å². The lowest BCUT2D eigenvalue weighted by Gasteiger charge is -1.93. The summed E-state index contributed by atoms with van der Waals surface area (Å²) in [6.45, 7) is 0.0744. The van der Waals surface area contributed by atoms with Crippen molar-refractivity contribution in [2.75, 3.05) is 6.61 Å². The van der Waals surface area contributed by atoms with Crippen molar-refractivity contribution in [1.29, 1.82) is 0 Å². The van der Waals surface area contributed by atoms with E-state index < -0.39 is 0 Å². The highest BCUT2D eigenvalue weighted by molar-refractivity contribution is 5.51. The lowest BCUT2D eigenvalue weighted by Crippen LogP contribution is -1.86. The highest BCUT2D eigenvalue weighted by Gasteiger charge is 2.04. The first-order valence-corrected chi connectivity index (χ1v) is 4.36. The van der Waals surface area contributed by atoms with Crippen molar-refractivity contribution >= 4 is 0 Å². The Morgan fingerprint density at radius 1 is 1.29 bits per heavy atom. The minimum absolute atomic E-state index is 0.0744. The molecule has 2 aromatic heterocycles. The van der Waals surface area contributed by atoms with Gasteiger partial charge < -0.3 is 9.52 Å². The van der Waals surface area contributed by atoms with Crippen LogP contribution in [0.15, 0.2) is 35.1 Å². The molecule has 0 aliphatic heterocycles. The quantitative estimate of drug-likeness (QED) is 0.791. The third-order valence-electron chi connectivity index (χ3n) is 1.84. The zero-order valence-corrected chi connectivity index (χ0v) is 7.55. The molecule has 0 bridgehead atoms. The van der Waals surface area contributed by atoms with Crippen molar-refractivity contribution in [2.45, 2.75) is 6.42 Å². The van der Waals surface area contributed by atoms with E-state index in [0.717, 1.165) is 5.56 Å². The van der Waals surface area contributed by atoms with Gasteiger partial charge in [0.25, 0.3) is 0 Å². The van der Waals surface area contributed by atoms with Crippen LogP contribution < -0.4 is 0 Å². The monoisotopic (exact) mass is 190 g/mol. The van der Waals surface area contributed by atoms with Crippen molar-refractivity contribution in [1.82, 2.24) is 9.97 Å². The van der Waals surface area contributed by atoms with Crippen molar-refractivity contribution in [3.05, 3.63) is 36.5 Å². The first-order chi connectivity index (χ1) is 6.90. The van der Waals surface area contributed by atoms with E-state index >= 15 is 0 Å². The summed E-state index contributed by atoms with van der Waals surface area (Å²) in [6, 6.07) is 3.66. The Morgan fingerprint density at radius 2 is 2.07 bits per heavy atom. The molecule has 0 aliphatic rings. The van der Waals surface area contributed by atoms with Gasteiger partial charge in [-0.1, -0.05) is 0 Å². The van der Waals surface area contributed by atoms with Crippen LogP contribution in [0.3, 0.4) is 0 Å². The Morgan fingerprint density at radius 3 is 2.79 bits per heavy atom. The third-order valence-corrected chi connectivity index (χ3v) is 1.84. The second-order valence-electron chi connectivity index (χ2n) is 2.84. The molecule has 14 heavy (non-hydrogen) atoms. The normalized spacial score (nSPS) is 10.4. The molecule has 1 N–H and O–H groups in total. The van der Waals surface area contributed by atoms with Crippen LogP contribution in [0.2, 0.25) is 0 Å². The minimum Gasteiger partial charge on any atom is -0.441 e. The summed E-state index contributed by atoms with van der Waals surface area (Å²) in [5.74, 6) is 1.26. The summed E-state index contributed by atoms with van der Waals surface area (Å²) in [5.41, 5.74) is 0.893. The molecule has 2 heterocycles. The minimum atomic E-state index is 0.0744. The lowest BCUT2D eigenvalue weighted by atomic mass is 10.3. The topological polar surface area (TPSA) is 59.2 Å². The maximum Gasteiger partial charge on any atom is 0.226 e. The number of oxazole rings is 1. The Labute approximate surface area is 81.2 Å². The molecule has 0 fully saturated rings. The van der Waals surface area contributed by atoms with Crippen LogP contribution in [-0.4, -0.2) is 21.7 Å². The van der Waals surface area contributed by atoms with Gasteiger partial charge in [0.1, 0.15) is 5.76 Å². The molecular formula is C10H10N2O2.